The third kappa shape index (κ3) is 5.20. The topological polar surface area (TPSA) is 68.0 Å². The van der Waals surface area contributed by atoms with Crippen LogP contribution in [0.2, 0.25) is 0 Å². The summed E-state index contributed by atoms with van der Waals surface area (Å²) in [6.45, 7) is 6.38. The molecule has 3 rings (SSSR count). The minimum Gasteiger partial charge on any atom is -0.411 e. The van der Waals surface area contributed by atoms with Crippen molar-refractivity contribution in [1.82, 2.24) is 10.2 Å². The first-order chi connectivity index (χ1) is 13.0. The van der Waals surface area contributed by atoms with Crippen LogP contribution in [0.3, 0.4) is 0 Å². The SMILES string of the molecule is CC[C@H](C)c1ccc(NC(=O)CSc2nnc(-c3ccc(C)cc3)o2)cc1. The van der Waals surface area contributed by atoms with Gasteiger partial charge in [-0.3, -0.25) is 4.79 Å². The molecule has 5 nitrogen and oxygen atoms in total. The molecule has 0 bridgehead atoms. The fraction of sp³-hybridized carbons (Fsp3) is 0.286. The lowest BCUT2D eigenvalue weighted by molar-refractivity contribution is -0.113. The molecule has 0 spiro atoms. The summed E-state index contributed by atoms with van der Waals surface area (Å²) in [5.74, 6) is 1.08. The summed E-state index contributed by atoms with van der Waals surface area (Å²) in [7, 11) is 0. The van der Waals surface area contributed by atoms with E-state index in [1.54, 1.807) is 0 Å². The number of anilines is 1. The van der Waals surface area contributed by atoms with Gasteiger partial charge >= 0.3 is 0 Å². The van der Waals surface area contributed by atoms with Crippen molar-refractivity contribution in [3.63, 3.8) is 0 Å². The number of amides is 1. The highest BCUT2D eigenvalue weighted by atomic mass is 32.2. The summed E-state index contributed by atoms with van der Waals surface area (Å²) in [5, 5.41) is 11.3. The normalized spacial score (nSPS) is 12.0. The number of hydrogen-bond donors (Lipinski definition) is 1. The summed E-state index contributed by atoms with van der Waals surface area (Å²) in [5.41, 5.74) is 4.10. The first-order valence-corrected chi connectivity index (χ1v) is 9.97. The van der Waals surface area contributed by atoms with E-state index >= 15 is 0 Å². The van der Waals surface area contributed by atoms with Crippen LogP contribution in [0.1, 0.15) is 37.3 Å². The van der Waals surface area contributed by atoms with E-state index in [-0.39, 0.29) is 11.7 Å². The van der Waals surface area contributed by atoms with Crippen molar-refractivity contribution >= 4 is 23.4 Å². The molecule has 0 unspecified atom stereocenters. The number of nitrogens with zero attached hydrogens (tertiary/aromatic N) is 2. The van der Waals surface area contributed by atoms with Crippen LogP contribution in [-0.2, 0) is 4.79 Å². The molecular formula is C21H23N3O2S. The molecule has 1 aromatic heterocycles. The van der Waals surface area contributed by atoms with Crippen LogP contribution in [0.15, 0.2) is 58.2 Å². The third-order valence-corrected chi connectivity index (χ3v) is 5.23. The second-order valence-corrected chi connectivity index (χ2v) is 7.43. The van der Waals surface area contributed by atoms with Crippen LogP contribution in [0.5, 0.6) is 0 Å². The molecule has 0 aliphatic heterocycles. The summed E-state index contributed by atoms with van der Waals surface area (Å²) in [6.07, 6.45) is 1.09. The number of rotatable bonds is 7. The Kier molecular flexibility index (Phi) is 6.29. The number of hydrogen-bond acceptors (Lipinski definition) is 5. The Labute approximate surface area is 163 Å². The van der Waals surface area contributed by atoms with Gasteiger partial charge in [0.15, 0.2) is 0 Å². The van der Waals surface area contributed by atoms with E-state index in [1.807, 2.05) is 43.3 Å². The van der Waals surface area contributed by atoms with Crippen molar-refractivity contribution < 1.29 is 9.21 Å². The van der Waals surface area contributed by atoms with E-state index < -0.39 is 0 Å². The molecule has 140 valence electrons. The van der Waals surface area contributed by atoms with Crippen molar-refractivity contribution in [2.75, 3.05) is 11.1 Å². The molecule has 1 N–H and O–H groups in total. The van der Waals surface area contributed by atoms with Gasteiger partial charge in [-0.25, -0.2) is 0 Å². The van der Waals surface area contributed by atoms with Crippen molar-refractivity contribution in [1.29, 1.82) is 0 Å². The van der Waals surface area contributed by atoms with Gasteiger partial charge in [-0.05, 0) is 49.1 Å². The lowest BCUT2D eigenvalue weighted by Crippen LogP contribution is -2.14. The number of aromatic nitrogens is 2. The smallest absolute Gasteiger partial charge is 0.277 e. The van der Waals surface area contributed by atoms with Crippen molar-refractivity contribution in [3.8, 4) is 11.5 Å². The maximum Gasteiger partial charge on any atom is 0.277 e. The number of carbonyl (C=O) groups is 1. The summed E-state index contributed by atoms with van der Waals surface area (Å²) < 4.78 is 5.63. The van der Waals surface area contributed by atoms with Gasteiger partial charge < -0.3 is 9.73 Å². The van der Waals surface area contributed by atoms with Gasteiger partial charge in [0, 0.05) is 11.3 Å². The number of carbonyl (C=O) groups excluding carboxylic acids is 1. The van der Waals surface area contributed by atoms with E-state index in [1.165, 1.54) is 22.9 Å². The van der Waals surface area contributed by atoms with E-state index in [0.717, 1.165) is 17.7 Å². The van der Waals surface area contributed by atoms with Crippen LogP contribution in [0, 0.1) is 6.92 Å². The molecule has 0 fully saturated rings. The first kappa shape index (κ1) is 19.2. The zero-order valence-electron chi connectivity index (χ0n) is 15.7. The Morgan fingerprint density at radius 1 is 1.11 bits per heavy atom. The monoisotopic (exact) mass is 381 g/mol. The Hall–Kier alpha value is -2.60. The predicted molar refractivity (Wildman–Crippen MR) is 109 cm³/mol. The minimum absolute atomic E-state index is 0.105. The van der Waals surface area contributed by atoms with E-state index in [4.69, 9.17) is 4.42 Å². The quantitative estimate of drug-likeness (QED) is 0.563. The van der Waals surface area contributed by atoms with Gasteiger partial charge in [0.05, 0.1) is 5.75 Å². The fourth-order valence-corrected chi connectivity index (χ4v) is 3.10. The average molecular weight is 382 g/mol. The Bertz CT molecular complexity index is 889. The molecule has 0 radical (unpaired) electrons. The lowest BCUT2D eigenvalue weighted by Gasteiger charge is -2.10. The molecule has 6 heteroatoms. The number of thioether (sulfide) groups is 1. The van der Waals surface area contributed by atoms with Crippen molar-refractivity contribution in [2.24, 2.45) is 0 Å². The molecule has 0 saturated carbocycles. The summed E-state index contributed by atoms with van der Waals surface area (Å²) >= 11 is 1.23. The molecule has 1 atom stereocenters. The molecule has 0 aliphatic rings. The number of benzene rings is 2. The van der Waals surface area contributed by atoms with Gasteiger partial charge in [-0.1, -0.05) is 55.4 Å². The Morgan fingerprint density at radius 3 is 2.48 bits per heavy atom. The van der Waals surface area contributed by atoms with Crippen molar-refractivity contribution in [2.45, 2.75) is 38.3 Å². The molecule has 0 saturated heterocycles. The van der Waals surface area contributed by atoms with Crippen LogP contribution >= 0.6 is 11.8 Å². The van der Waals surface area contributed by atoms with Gasteiger partial charge in [0.1, 0.15) is 0 Å². The fourth-order valence-electron chi connectivity index (χ4n) is 2.54. The van der Waals surface area contributed by atoms with Gasteiger partial charge in [0.25, 0.3) is 5.22 Å². The minimum atomic E-state index is -0.105. The highest BCUT2D eigenvalue weighted by Gasteiger charge is 2.11. The number of aryl methyl sites for hydroxylation is 1. The maximum atomic E-state index is 12.2. The van der Waals surface area contributed by atoms with Crippen LogP contribution in [0.25, 0.3) is 11.5 Å². The average Bonchev–Trinajstić information content (AvgIpc) is 3.16. The molecular weight excluding hydrogens is 358 g/mol. The number of nitrogens with one attached hydrogen (secondary N) is 1. The molecule has 27 heavy (non-hydrogen) atoms. The predicted octanol–water partition coefficient (Wildman–Crippen LogP) is 5.29. The molecule has 1 amide bonds. The van der Waals surface area contributed by atoms with E-state index in [2.05, 4.69) is 41.5 Å². The second-order valence-electron chi connectivity index (χ2n) is 6.51. The Morgan fingerprint density at radius 2 is 1.81 bits per heavy atom. The zero-order chi connectivity index (χ0) is 19.2. The highest BCUT2D eigenvalue weighted by Crippen LogP contribution is 2.24. The first-order valence-electron chi connectivity index (χ1n) is 8.98. The molecule has 3 aromatic rings. The maximum absolute atomic E-state index is 12.2. The Balaban J connectivity index is 1.53. The van der Waals surface area contributed by atoms with Crippen molar-refractivity contribution in [3.05, 3.63) is 59.7 Å². The summed E-state index contributed by atoms with van der Waals surface area (Å²) in [6, 6.07) is 15.9. The third-order valence-electron chi connectivity index (χ3n) is 4.41. The van der Waals surface area contributed by atoms with Gasteiger partial charge in [-0.15, -0.1) is 10.2 Å². The van der Waals surface area contributed by atoms with Gasteiger partial charge in [0.2, 0.25) is 11.8 Å². The second kappa shape index (κ2) is 8.86. The molecule has 1 heterocycles. The van der Waals surface area contributed by atoms with Crippen LogP contribution in [-0.4, -0.2) is 21.9 Å². The van der Waals surface area contributed by atoms with Crippen LogP contribution < -0.4 is 5.32 Å². The molecule has 2 aromatic carbocycles. The lowest BCUT2D eigenvalue weighted by atomic mass is 9.99. The van der Waals surface area contributed by atoms with E-state index in [0.29, 0.717) is 17.0 Å². The van der Waals surface area contributed by atoms with Crippen LogP contribution in [0.4, 0.5) is 5.69 Å². The largest absolute Gasteiger partial charge is 0.411 e. The standard InChI is InChI=1S/C21H23N3O2S/c1-4-15(3)16-9-11-18(12-10-16)22-19(25)13-27-21-24-23-20(26-21)17-7-5-14(2)6-8-17/h5-12,15H,4,13H2,1-3H3,(H,22,25)/t15-/m0/s1. The van der Waals surface area contributed by atoms with E-state index in [9.17, 15) is 4.79 Å². The highest BCUT2D eigenvalue weighted by molar-refractivity contribution is 7.99. The zero-order valence-corrected chi connectivity index (χ0v) is 16.5. The van der Waals surface area contributed by atoms with Gasteiger partial charge in [-0.2, -0.15) is 0 Å². The molecule has 0 aliphatic carbocycles. The summed E-state index contributed by atoms with van der Waals surface area (Å²) in [4.78, 5) is 12.2.